The highest BCUT2D eigenvalue weighted by atomic mass is 16.4. The van der Waals surface area contributed by atoms with Crippen LogP contribution in [0.1, 0.15) is 26.7 Å². The molecule has 0 bridgehead atoms. The molecule has 0 aliphatic heterocycles. The Balaban J connectivity index is 4.32. The van der Waals surface area contributed by atoms with E-state index in [0.717, 1.165) is 6.42 Å². The number of rotatable bonds is 7. The van der Waals surface area contributed by atoms with Crippen LogP contribution >= 0.6 is 0 Å². The number of urea groups is 1. The molecule has 7 nitrogen and oxygen atoms in total. The quantitative estimate of drug-likeness (QED) is 0.621. The Labute approximate surface area is 106 Å². The smallest absolute Gasteiger partial charge is 0.326 e. The molecule has 0 spiro atoms. The van der Waals surface area contributed by atoms with E-state index in [2.05, 4.69) is 5.32 Å². The summed E-state index contributed by atoms with van der Waals surface area (Å²) in [6, 6.07) is -1.99. The van der Waals surface area contributed by atoms with Crippen LogP contribution in [-0.4, -0.2) is 52.7 Å². The van der Waals surface area contributed by atoms with E-state index in [1.807, 2.05) is 13.8 Å². The summed E-state index contributed by atoms with van der Waals surface area (Å²) in [6.45, 7) is 4.51. The van der Waals surface area contributed by atoms with Gasteiger partial charge in [0.2, 0.25) is 0 Å². The molecule has 0 heterocycles. The third kappa shape index (κ3) is 6.72. The number of carboxylic acid groups (broad SMARTS) is 2. The number of aliphatic carboxylic acids is 2. The lowest BCUT2D eigenvalue weighted by Crippen LogP contribution is -2.47. The average molecular weight is 260 g/mol. The Hall–Kier alpha value is -1.79. The van der Waals surface area contributed by atoms with Gasteiger partial charge in [0.15, 0.2) is 0 Å². The molecule has 0 aliphatic rings. The van der Waals surface area contributed by atoms with Crippen molar-refractivity contribution in [1.82, 2.24) is 10.2 Å². The number of carboxylic acids is 2. The maximum Gasteiger partial charge on any atom is 0.326 e. The highest BCUT2D eigenvalue weighted by Gasteiger charge is 2.24. The summed E-state index contributed by atoms with van der Waals surface area (Å²) in [7, 11) is 1.54. The molecule has 0 aromatic carbocycles. The highest BCUT2D eigenvalue weighted by molar-refractivity contribution is 5.86. The van der Waals surface area contributed by atoms with Gasteiger partial charge in [-0.2, -0.15) is 0 Å². The lowest BCUT2D eigenvalue weighted by Gasteiger charge is -2.21. The first-order valence-electron chi connectivity index (χ1n) is 5.70. The topological polar surface area (TPSA) is 107 Å². The SMILES string of the molecule is CC(C)CCN(C)C(=O)N[C@H](CC(=O)O)C(=O)O. The summed E-state index contributed by atoms with van der Waals surface area (Å²) in [4.78, 5) is 34.2. The first-order chi connectivity index (χ1) is 8.23. The standard InChI is InChI=1S/C11H20N2O5/c1-7(2)4-5-13(3)11(18)12-8(10(16)17)6-9(14)15/h7-8H,4-6H2,1-3H3,(H,12,18)(H,14,15)(H,16,17)/t8-/m1/s1. The summed E-state index contributed by atoms with van der Waals surface area (Å²) < 4.78 is 0. The van der Waals surface area contributed by atoms with Gasteiger partial charge < -0.3 is 20.4 Å². The molecule has 104 valence electrons. The van der Waals surface area contributed by atoms with Crippen molar-refractivity contribution < 1.29 is 24.6 Å². The van der Waals surface area contributed by atoms with E-state index in [-0.39, 0.29) is 0 Å². The Kier molecular flexibility index (Phi) is 6.77. The number of carbonyl (C=O) groups excluding carboxylic acids is 1. The van der Waals surface area contributed by atoms with E-state index >= 15 is 0 Å². The summed E-state index contributed by atoms with van der Waals surface area (Å²) in [5, 5.41) is 19.5. The predicted octanol–water partition coefficient (Wildman–Crippen LogP) is 0.602. The van der Waals surface area contributed by atoms with Crippen molar-refractivity contribution in [3.05, 3.63) is 0 Å². The number of hydrogen-bond donors (Lipinski definition) is 3. The molecule has 0 aliphatic carbocycles. The number of carbonyl (C=O) groups is 3. The van der Waals surface area contributed by atoms with Crippen LogP contribution in [0.2, 0.25) is 0 Å². The molecule has 0 saturated carbocycles. The van der Waals surface area contributed by atoms with Gasteiger partial charge in [0.05, 0.1) is 6.42 Å². The molecule has 0 aromatic rings. The van der Waals surface area contributed by atoms with Crippen LogP contribution in [0.4, 0.5) is 4.79 Å². The fourth-order valence-corrected chi connectivity index (χ4v) is 1.19. The van der Waals surface area contributed by atoms with Crippen LogP contribution < -0.4 is 5.32 Å². The van der Waals surface area contributed by atoms with Crippen molar-refractivity contribution in [3.8, 4) is 0 Å². The van der Waals surface area contributed by atoms with E-state index in [9.17, 15) is 14.4 Å². The van der Waals surface area contributed by atoms with Crippen LogP contribution in [0.3, 0.4) is 0 Å². The largest absolute Gasteiger partial charge is 0.481 e. The first-order valence-corrected chi connectivity index (χ1v) is 5.70. The zero-order valence-corrected chi connectivity index (χ0v) is 10.8. The first kappa shape index (κ1) is 16.2. The maximum absolute atomic E-state index is 11.6. The van der Waals surface area contributed by atoms with Gasteiger partial charge in [0.25, 0.3) is 0 Å². The van der Waals surface area contributed by atoms with E-state index in [1.54, 1.807) is 0 Å². The second-order valence-corrected chi connectivity index (χ2v) is 4.54. The third-order valence-corrected chi connectivity index (χ3v) is 2.36. The lowest BCUT2D eigenvalue weighted by atomic mass is 10.1. The van der Waals surface area contributed by atoms with E-state index < -0.39 is 30.4 Å². The minimum atomic E-state index is -1.41. The van der Waals surface area contributed by atoms with Crippen molar-refractivity contribution in [2.45, 2.75) is 32.7 Å². The Bertz CT molecular complexity index is 317. The van der Waals surface area contributed by atoms with E-state index in [1.165, 1.54) is 11.9 Å². The van der Waals surface area contributed by atoms with Crippen LogP contribution in [0.25, 0.3) is 0 Å². The maximum atomic E-state index is 11.6. The highest BCUT2D eigenvalue weighted by Crippen LogP contribution is 2.01. The molecular weight excluding hydrogens is 240 g/mol. The molecule has 0 aromatic heterocycles. The molecule has 0 radical (unpaired) electrons. The number of hydrogen-bond acceptors (Lipinski definition) is 3. The molecule has 0 rings (SSSR count). The van der Waals surface area contributed by atoms with Crippen LogP contribution in [0.15, 0.2) is 0 Å². The van der Waals surface area contributed by atoms with Crippen molar-refractivity contribution >= 4 is 18.0 Å². The lowest BCUT2D eigenvalue weighted by molar-refractivity contribution is -0.145. The normalized spacial score (nSPS) is 12.0. The second-order valence-electron chi connectivity index (χ2n) is 4.54. The average Bonchev–Trinajstić information content (AvgIpc) is 2.23. The van der Waals surface area contributed by atoms with Crippen LogP contribution in [0, 0.1) is 5.92 Å². The van der Waals surface area contributed by atoms with Gasteiger partial charge in [-0.25, -0.2) is 9.59 Å². The number of amides is 2. The number of nitrogens with zero attached hydrogens (tertiary/aromatic N) is 1. The number of nitrogens with one attached hydrogen (secondary N) is 1. The Morgan fingerprint density at radius 1 is 1.22 bits per heavy atom. The summed E-state index contributed by atoms with van der Waals surface area (Å²) in [6.07, 6.45) is 0.152. The Morgan fingerprint density at radius 3 is 2.17 bits per heavy atom. The van der Waals surface area contributed by atoms with Gasteiger partial charge in [-0.05, 0) is 12.3 Å². The third-order valence-electron chi connectivity index (χ3n) is 2.36. The molecule has 18 heavy (non-hydrogen) atoms. The van der Waals surface area contributed by atoms with Crippen molar-refractivity contribution in [3.63, 3.8) is 0 Å². The molecule has 3 N–H and O–H groups in total. The van der Waals surface area contributed by atoms with Gasteiger partial charge in [0, 0.05) is 13.6 Å². The Morgan fingerprint density at radius 2 is 1.78 bits per heavy atom. The fraction of sp³-hybridized carbons (Fsp3) is 0.727. The summed E-state index contributed by atoms with van der Waals surface area (Å²) >= 11 is 0. The molecular formula is C11H20N2O5. The summed E-state index contributed by atoms with van der Waals surface area (Å²) in [5.41, 5.74) is 0. The van der Waals surface area contributed by atoms with Gasteiger partial charge >= 0.3 is 18.0 Å². The second kappa shape index (κ2) is 7.52. The molecule has 1 atom stereocenters. The van der Waals surface area contributed by atoms with Gasteiger partial charge in [-0.15, -0.1) is 0 Å². The van der Waals surface area contributed by atoms with Gasteiger partial charge in [0.1, 0.15) is 6.04 Å². The van der Waals surface area contributed by atoms with Crippen molar-refractivity contribution in [2.75, 3.05) is 13.6 Å². The zero-order chi connectivity index (χ0) is 14.3. The van der Waals surface area contributed by atoms with Crippen molar-refractivity contribution in [1.29, 1.82) is 0 Å². The van der Waals surface area contributed by atoms with Gasteiger partial charge in [-0.3, -0.25) is 4.79 Å². The molecule has 0 unspecified atom stereocenters. The van der Waals surface area contributed by atoms with E-state index in [4.69, 9.17) is 10.2 Å². The molecule has 0 saturated heterocycles. The monoisotopic (exact) mass is 260 g/mol. The van der Waals surface area contributed by atoms with E-state index in [0.29, 0.717) is 12.5 Å². The van der Waals surface area contributed by atoms with Gasteiger partial charge in [-0.1, -0.05) is 13.8 Å². The fourth-order valence-electron chi connectivity index (χ4n) is 1.19. The molecule has 7 heteroatoms. The minimum Gasteiger partial charge on any atom is -0.481 e. The van der Waals surface area contributed by atoms with Crippen LogP contribution in [-0.2, 0) is 9.59 Å². The van der Waals surface area contributed by atoms with Crippen LogP contribution in [0.5, 0.6) is 0 Å². The molecule has 0 fully saturated rings. The van der Waals surface area contributed by atoms with Crippen molar-refractivity contribution in [2.24, 2.45) is 5.92 Å². The minimum absolute atomic E-state index is 0.426. The molecule has 2 amide bonds. The zero-order valence-electron chi connectivity index (χ0n) is 10.8. The predicted molar refractivity (Wildman–Crippen MR) is 64.3 cm³/mol. The summed E-state index contributed by atoms with van der Waals surface area (Å²) in [5.74, 6) is -2.20.